The van der Waals surface area contributed by atoms with Gasteiger partial charge >= 0.3 is 0 Å². The molecular weight excluding hydrogens is 615 g/mol. The van der Waals surface area contributed by atoms with Crippen molar-refractivity contribution in [1.82, 2.24) is 4.57 Å². The van der Waals surface area contributed by atoms with Gasteiger partial charge in [0.15, 0.2) is 0 Å². The molecule has 10 rings (SSSR count). The molecule has 238 valence electrons. The number of benzene rings is 9. The standard InChI is InChI=1S/C50H33N/c1-3-15-34(16-4-1)35-17-13-19-38(31-35)49-42-24-7-9-26-44(42)50(45-27-10-8-25-43(45)49)39-20-14-18-36(32-39)37-29-30-48-46(33-37)41-23-11-12-28-47(41)51(48)40-21-5-2-6-22-40/h1-33H. The zero-order chi connectivity index (χ0) is 33.7. The summed E-state index contributed by atoms with van der Waals surface area (Å²) in [4.78, 5) is 0. The van der Waals surface area contributed by atoms with Crippen LogP contribution in [-0.2, 0) is 0 Å². The smallest absolute Gasteiger partial charge is 0.0541 e. The molecule has 0 saturated carbocycles. The van der Waals surface area contributed by atoms with Gasteiger partial charge in [0.2, 0.25) is 0 Å². The molecule has 0 atom stereocenters. The number of rotatable bonds is 5. The summed E-state index contributed by atoms with van der Waals surface area (Å²) in [5.74, 6) is 0. The molecule has 0 unspecified atom stereocenters. The van der Waals surface area contributed by atoms with Crippen LogP contribution in [0.5, 0.6) is 0 Å². The maximum absolute atomic E-state index is 2.38. The molecule has 0 saturated heterocycles. The Hall–Kier alpha value is -6.70. The Kier molecular flexibility index (Phi) is 6.89. The van der Waals surface area contributed by atoms with Gasteiger partial charge in [-0.25, -0.2) is 0 Å². The third kappa shape index (κ3) is 4.86. The minimum atomic E-state index is 1.17. The van der Waals surface area contributed by atoms with Crippen LogP contribution in [0.3, 0.4) is 0 Å². The summed E-state index contributed by atoms with van der Waals surface area (Å²) >= 11 is 0. The average molecular weight is 648 g/mol. The van der Waals surface area contributed by atoms with Crippen molar-refractivity contribution in [3.63, 3.8) is 0 Å². The summed E-state index contributed by atoms with van der Waals surface area (Å²) in [5, 5.41) is 7.56. The van der Waals surface area contributed by atoms with E-state index >= 15 is 0 Å². The highest BCUT2D eigenvalue weighted by molar-refractivity contribution is 6.21. The Bertz CT molecular complexity index is 2840. The van der Waals surface area contributed by atoms with Gasteiger partial charge < -0.3 is 4.57 Å². The van der Waals surface area contributed by atoms with Gasteiger partial charge in [-0.15, -0.1) is 0 Å². The molecule has 0 fully saturated rings. The van der Waals surface area contributed by atoms with Crippen LogP contribution >= 0.6 is 0 Å². The van der Waals surface area contributed by atoms with Crippen LogP contribution in [0.15, 0.2) is 200 Å². The van der Waals surface area contributed by atoms with Crippen LogP contribution in [0.25, 0.3) is 93.5 Å². The minimum absolute atomic E-state index is 1.17. The lowest BCUT2D eigenvalue weighted by Crippen LogP contribution is -1.93. The van der Waals surface area contributed by atoms with Crippen LogP contribution in [0, 0.1) is 0 Å². The monoisotopic (exact) mass is 647 g/mol. The first-order valence-electron chi connectivity index (χ1n) is 17.6. The second kappa shape index (κ2) is 12.0. The van der Waals surface area contributed by atoms with Gasteiger partial charge in [-0.3, -0.25) is 0 Å². The Balaban J connectivity index is 1.16. The van der Waals surface area contributed by atoms with E-state index in [4.69, 9.17) is 0 Å². The van der Waals surface area contributed by atoms with E-state index in [2.05, 4.69) is 205 Å². The van der Waals surface area contributed by atoms with Crippen molar-refractivity contribution in [2.24, 2.45) is 0 Å². The van der Waals surface area contributed by atoms with Crippen LogP contribution in [0.1, 0.15) is 0 Å². The summed E-state index contributed by atoms with van der Waals surface area (Å²) in [5.41, 5.74) is 13.5. The third-order valence-corrected chi connectivity index (χ3v) is 10.4. The normalized spacial score (nSPS) is 11.5. The molecule has 0 N–H and O–H groups in total. The number of aromatic nitrogens is 1. The molecule has 1 aromatic heterocycles. The van der Waals surface area contributed by atoms with E-state index in [1.165, 1.54) is 93.5 Å². The Morgan fingerprint density at radius 2 is 0.647 bits per heavy atom. The van der Waals surface area contributed by atoms with E-state index in [9.17, 15) is 0 Å². The van der Waals surface area contributed by atoms with Crippen LogP contribution in [0.4, 0.5) is 0 Å². The molecule has 0 bridgehead atoms. The van der Waals surface area contributed by atoms with Crippen molar-refractivity contribution in [1.29, 1.82) is 0 Å². The molecule has 1 nitrogen and oxygen atoms in total. The predicted octanol–water partition coefficient (Wildman–Crippen LogP) is 13.8. The number of hydrogen-bond acceptors (Lipinski definition) is 0. The zero-order valence-electron chi connectivity index (χ0n) is 28.0. The van der Waals surface area contributed by atoms with E-state index < -0.39 is 0 Å². The first-order valence-corrected chi connectivity index (χ1v) is 17.6. The molecule has 0 aliphatic heterocycles. The highest BCUT2D eigenvalue weighted by Crippen LogP contribution is 2.45. The van der Waals surface area contributed by atoms with E-state index in [1.807, 2.05) is 0 Å². The van der Waals surface area contributed by atoms with Crippen LogP contribution in [0.2, 0.25) is 0 Å². The molecule has 9 aromatic carbocycles. The molecular formula is C50H33N. The molecule has 10 aromatic rings. The Morgan fingerprint density at radius 1 is 0.235 bits per heavy atom. The van der Waals surface area contributed by atoms with Gasteiger partial charge in [0.1, 0.15) is 0 Å². The molecule has 0 spiro atoms. The van der Waals surface area contributed by atoms with Crippen molar-refractivity contribution in [3.05, 3.63) is 200 Å². The molecule has 51 heavy (non-hydrogen) atoms. The van der Waals surface area contributed by atoms with Gasteiger partial charge in [0, 0.05) is 16.5 Å². The summed E-state index contributed by atoms with van der Waals surface area (Å²) in [7, 11) is 0. The average Bonchev–Trinajstić information content (AvgIpc) is 3.54. The number of para-hydroxylation sites is 2. The Labute approximate surface area is 297 Å². The lowest BCUT2D eigenvalue weighted by atomic mass is 9.85. The van der Waals surface area contributed by atoms with Gasteiger partial charge in [0.25, 0.3) is 0 Å². The highest BCUT2D eigenvalue weighted by Gasteiger charge is 2.18. The maximum atomic E-state index is 2.38. The number of fused-ring (bicyclic) bond motifs is 5. The molecule has 1 heterocycles. The fraction of sp³-hybridized carbons (Fsp3) is 0. The highest BCUT2D eigenvalue weighted by atomic mass is 15.0. The molecule has 0 amide bonds. The second-order valence-electron chi connectivity index (χ2n) is 13.3. The fourth-order valence-corrected chi connectivity index (χ4v) is 8.10. The third-order valence-electron chi connectivity index (χ3n) is 10.4. The number of hydrogen-bond donors (Lipinski definition) is 0. The lowest BCUT2D eigenvalue weighted by Gasteiger charge is -2.18. The summed E-state index contributed by atoms with van der Waals surface area (Å²) in [6.45, 7) is 0. The van der Waals surface area contributed by atoms with Crippen molar-refractivity contribution in [2.45, 2.75) is 0 Å². The van der Waals surface area contributed by atoms with Crippen LogP contribution in [-0.4, -0.2) is 4.57 Å². The summed E-state index contributed by atoms with van der Waals surface area (Å²) in [6, 6.07) is 72.9. The molecule has 0 aliphatic carbocycles. The van der Waals surface area contributed by atoms with Gasteiger partial charge in [0.05, 0.1) is 11.0 Å². The lowest BCUT2D eigenvalue weighted by molar-refractivity contribution is 1.18. The predicted molar refractivity (Wildman–Crippen MR) is 218 cm³/mol. The van der Waals surface area contributed by atoms with Gasteiger partial charge in [-0.2, -0.15) is 0 Å². The first-order chi connectivity index (χ1) is 25.3. The molecule has 1 heteroatoms. The minimum Gasteiger partial charge on any atom is -0.309 e. The van der Waals surface area contributed by atoms with E-state index in [0.29, 0.717) is 0 Å². The zero-order valence-corrected chi connectivity index (χ0v) is 28.0. The van der Waals surface area contributed by atoms with E-state index in [0.717, 1.165) is 0 Å². The quantitative estimate of drug-likeness (QED) is 0.164. The largest absolute Gasteiger partial charge is 0.309 e. The van der Waals surface area contributed by atoms with E-state index in [-0.39, 0.29) is 0 Å². The van der Waals surface area contributed by atoms with Crippen LogP contribution < -0.4 is 0 Å². The van der Waals surface area contributed by atoms with Crippen molar-refractivity contribution in [2.75, 3.05) is 0 Å². The summed E-state index contributed by atoms with van der Waals surface area (Å²) in [6.07, 6.45) is 0. The SMILES string of the molecule is c1ccc(-c2cccc(-c3c4ccccc4c(-c4cccc(-c5ccc6c(c5)c5ccccc5n6-c5ccccc5)c4)c4ccccc34)c2)cc1. The second-order valence-corrected chi connectivity index (χ2v) is 13.3. The van der Waals surface area contributed by atoms with Gasteiger partial charge in [-0.05, 0) is 109 Å². The first kappa shape index (κ1) is 29.2. The Morgan fingerprint density at radius 3 is 1.24 bits per heavy atom. The number of nitrogens with zero attached hydrogens (tertiary/aromatic N) is 1. The summed E-state index contributed by atoms with van der Waals surface area (Å²) < 4.78 is 2.38. The molecule has 0 radical (unpaired) electrons. The maximum Gasteiger partial charge on any atom is 0.0541 e. The van der Waals surface area contributed by atoms with Gasteiger partial charge in [-0.1, -0.05) is 158 Å². The van der Waals surface area contributed by atoms with Crippen molar-refractivity contribution in [3.8, 4) is 50.2 Å². The molecule has 0 aliphatic rings. The van der Waals surface area contributed by atoms with Crippen molar-refractivity contribution >= 4 is 43.4 Å². The fourth-order valence-electron chi connectivity index (χ4n) is 8.10. The topological polar surface area (TPSA) is 4.93 Å². The van der Waals surface area contributed by atoms with E-state index in [1.54, 1.807) is 0 Å². The van der Waals surface area contributed by atoms with Crippen molar-refractivity contribution < 1.29 is 0 Å².